The highest BCUT2D eigenvalue weighted by molar-refractivity contribution is 7.20. The highest BCUT2D eigenvalue weighted by Gasteiger charge is 2.17. The average molecular weight is 391 g/mol. The van der Waals surface area contributed by atoms with E-state index in [1.54, 1.807) is 0 Å². The van der Waals surface area contributed by atoms with Gasteiger partial charge < -0.3 is 0 Å². The van der Waals surface area contributed by atoms with Crippen molar-refractivity contribution in [1.29, 1.82) is 0 Å². The fourth-order valence-electron chi connectivity index (χ4n) is 1.81. The maximum Gasteiger partial charge on any atom is 0.259 e. The van der Waals surface area contributed by atoms with Crippen molar-refractivity contribution < 1.29 is 13.6 Å². The van der Waals surface area contributed by atoms with Crippen molar-refractivity contribution >= 4 is 56.9 Å². The van der Waals surface area contributed by atoms with E-state index in [1.807, 2.05) is 0 Å². The molecule has 0 fully saturated rings. The zero-order valence-corrected chi connectivity index (χ0v) is 14.2. The largest absolute Gasteiger partial charge is 0.298 e. The number of thiophene rings is 1. The second kappa shape index (κ2) is 6.52. The molecule has 0 aliphatic heterocycles. The molecule has 0 unspecified atom stereocenters. The van der Waals surface area contributed by atoms with E-state index in [9.17, 15) is 13.6 Å². The molecule has 23 heavy (non-hydrogen) atoms. The molecule has 3 rings (SSSR count). The summed E-state index contributed by atoms with van der Waals surface area (Å²) in [6.45, 7) is 0. The van der Waals surface area contributed by atoms with Gasteiger partial charge in [0.2, 0.25) is 0 Å². The molecule has 0 aliphatic carbocycles. The van der Waals surface area contributed by atoms with Gasteiger partial charge in [0.15, 0.2) is 5.13 Å². The molecule has 0 radical (unpaired) electrons. The van der Waals surface area contributed by atoms with E-state index in [0.29, 0.717) is 4.34 Å². The third-order valence-electron chi connectivity index (χ3n) is 2.83. The van der Waals surface area contributed by atoms with Gasteiger partial charge in [-0.3, -0.25) is 10.1 Å². The number of carbonyl (C=O) groups is 1. The maximum atomic E-state index is 13.7. The summed E-state index contributed by atoms with van der Waals surface area (Å²) in [4.78, 5) is 16.2. The van der Waals surface area contributed by atoms with E-state index >= 15 is 0 Å². The number of halogens is 4. The molecule has 0 spiro atoms. The molecule has 0 saturated carbocycles. The van der Waals surface area contributed by atoms with E-state index < -0.39 is 17.5 Å². The first-order valence-corrected chi connectivity index (χ1v) is 8.56. The van der Waals surface area contributed by atoms with Gasteiger partial charge in [-0.15, -0.1) is 22.7 Å². The highest BCUT2D eigenvalue weighted by atomic mass is 35.5. The molecule has 0 atom stereocenters. The normalized spacial score (nSPS) is 10.8. The summed E-state index contributed by atoms with van der Waals surface area (Å²) in [7, 11) is 0. The van der Waals surface area contributed by atoms with E-state index in [1.165, 1.54) is 11.4 Å². The van der Waals surface area contributed by atoms with Crippen LogP contribution in [0.2, 0.25) is 8.67 Å². The van der Waals surface area contributed by atoms with Gasteiger partial charge in [-0.05, 0) is 24.3 Å². The third-order valence-corrected chi connectivity index (χ3v) is 5.08. The van der Waals surface area contributed by atoms with Gasteiger partial charge in [0.25, 0.3) is 5.91 Å². The monoisotopic (exact) mass is 390 g/mol. The van der Waals surface area contributed by atoms with Crippen LogP contribution in [0.5, 0.6) is 0 Å². The minimum Gasteiger partial charge on any atom is -0.298 e. The Hall–Kier alpha value is -1.54. The van der Waals surface area contributed by atoms with Gasteiger partial charge in [0.05, 0.1) is 15.6 Å². The summed E-state index contributed by atoms with van der Waals surface area (Å²) < 4.78 is 27.6. The van der Waals surface area contributed by atoms with Crippen molar-refractivity contribution in [2.24, 2.45) is 0 Å². The van der Waals surface area contributed by atoms with Crippen LogP contribution >= 0.6 is 45.9 Å². The summed E-state index contributed by atoms with van der Waals surface area (Å²) in [6.07, 6.45) is 0. The number of carbonyl (C=O) groups excluding carboxylic acids is 1. The molecule has 0 bridgehead atoms. The lowest BCUT2D eigenvalue weighted by atomic mass is 10.1. The summed E-state index contributed by atoms with van der Waals surface area (Å²) in [5.74, 6) is -1.64. The number of rotatable bonds is 3. The minimum absolute atomic E-state index is 0.0263. The summed E-state index contributed by atoms with van der Waals surface area (Å²) in [5.41, 5.74) is 0.491. The van der Waals surface area contributed by atoms with Crippen LogP contribution in [-0.4, -0.2) is 10.9 Å². The lowest BCUT2D eigenvalue weighted by molar-refractivity contribution is 0.102. The molecule has 2 aromatic heterocycles. The molecule has 2 heterocycles. The van der Waals surface area contributed by atoms with E-state index in [0.717, 1.165) is 40.9 Å². The first-order valence-electron chi connectivity index (χ1n) is 6.11. The van der Waals surface area contributed by atoms with E-state index in [2.05, 4.69) is 10.3 Å². The molecule has 3 nitrogen and oxygen atoms in total. The second-order valence-corrected chi connectivity index (χ2v) is 7.50. The number of hydrogen-bond donors (Lipinski definition) is 1. The Morgan fingerprint density at radius 3 is 2.70 bits per heavy atom. The topological polar surface area (TPSA) is 42.0 Å². The number of nitrogens with one attached hydrogen (secondary N) is 1. The second-order valence-electron chi connectivity index (χ2n) is 4.35. The molecule has 1 N–H and O–H groups in total. The van der Waals surface area contributed by atoms with E-state index in [-0.39, 0.29) is 26.3 Å². The average Bonchev–Trinajstić information content (AvgIpc) is 3.08. The van der Waals surface area contributed by atoms with Gasteiger partial charge in [-0.2, -0.15) is 0 Å². The van der Waals surface area contributed by atoms with Crippen molar-refractivity contribution in [2.45, 2.75) is 0 Å². The van der Waals surface area contributed by atoms with Gasteiger partial charge in [0, 0.05) is 10.9 Å². The van der Waals surface area contributed by atoms with Gasteiger partial charge >= 0.3 is 0 Å². The van der Waals surface area contributed by atoms with Crippen LogP contribution in [0.15, 0.2) is 29.6 Å². The standard InChI is InChI=1S/C14H6Cl2F2N2OS2/c15-11-4-8(12(16)23-11)13(21)20-14-19-10(5-22-14)7-3-6(17)1-2-9(7)18/h1-5H,(H,19,20,21). The molecule has 0 aliphatic rings. The van der Waals surface area contributed by atoms with Crippen molar-refractivity contribution in [3.63, 3.8) is 0 Å². The molecule has 3 aromatic rings. The van der Waals surface area contributed by atoms with Gasteiger partial charge in [0.1, 0.15) is 16.0 Å². The zero-order chi connectivity index (χ0) is 16.6. The first-order chi connectivity index (χ1) is 10.9. The number of amides is 1. The van der Waals surface area contributed by atoms with Crippen molar-refractivity contribution in [1.82, 2.24) is 4.98 Å². The quantitative estimate of drug-likeness (QED) is 0.622. The zero-order valence-electron chi connectivity index (χ0n) is 11.1. The highest BCUT2D eigenvalue weighted by Crippen LogP contribution is 2.32. The Bertz CT molecular complexity index is 895. The number of anilines is 1. The number of thiazole rings is 1. The number of hydrogen-bond acceptors (Lipinski definition) is 4. The number of nitrogens with zero attached hydrogens (tertiary/aromatic N) is 1. The number of benzene rings is 1. The first kappa shape index (κ1) is 16.3. The van der Waals surface area contributed by atoms with Crippen molar-refractivity contribution in [3.8, 4) is 11.3 Å². The van der Waals surface area contributed by atoms with Crippen LogP contribution in [-0.2, 0) is 0 Å². The Balaban J connectivity index is 1.84. The summed E-state index contributed by atoms with van der Waals surface area (Å²) >= 11 is 13.9. The summed E-state index contributed by atoms with van der Waals surface area (Å²) in [6, 6.07) is 4.54. The predicted octanol–water partition coefficient (Wildman–Crippen LogP) is 5.71. The van der Waals surface area contributed by atoms with Crippen LogP contribution in [0.1, 0.15) is 10.4 Å². The Morgan fingerprint density at radius 2 is 2.00 bits per heavy atom. The Kier molecular flexibility index (Phi) is 4.63. The Labute approximate surface area is 147 Å². The lowest BCUT2D eigenvalue weighted by Crippen LogP contribution is -2.11. The molecule has 1 amide bonds. The van der Waals surface area contributed by atoms with Crippen LogP contribution in [0.3, 0.4) is 0 Å². The number of aromatic nitrogens is 1. The van der Waals surface area contributed by atoms with Crippen LogP contribution < -0.4 is 5.32 Å². The van der Waals surface area contributed by atoms with Gasteiger partial charge in [-0.25, -0.2) is 13.8 Å². The van der Waals surface area contributed by atoms with E-state index in [4.69, 9.17) is 23.2 Å². The lowest BCUT2D eigenvalue weighted by Gasteiger charge is -2.01. The van der Waals surface area contributed by atoms with Crippen LogP contribution in [0, 0.1) is 11.6 Å². The maximum absolute atomic E-state index is 13.7. The van der Waals surface area contributed by atoms with Crippen molar-refractivity contribution in [3.05, 3.63) is 55.5 Å². The SMILES string of the molecule is O=C(Nc1nc(-c2cc(F)ccc2F)cs1)c1cc(Cl)sc1Cl. The fourth-order valence-corrected chi connectivity index (χ4v) is 3.97. The summed E-state index contributed by atoms with van der Waals surface area (Å²) in [5, 5.41) is 4.32. The third kappa shape index (κ3) is 3.53. The predicted molar refractivity (Wildman–Crippen MR) is 89.8 cm³/mol. The van der Waals surface area contributed by atoms with Crippen LogP contribution in [0.4, 0.5) is 13.9 Å². The van der Waals surface area contributed by atoms with Gasteiger partial charge in [-0.1, -0.05) is 23.2 Å². The van der Waals surface area contributed by atoms with Crippen LogP contribution in [0.25, 0.3) is 11.3 Å². The molecular formula is C14H6Cl2F2N2OS2. The molecule has 1 aromatic carbocycles. The fraction of sp³-hybridized carbons (Fsp3) is 0. The minimum atomic E-state index is -0.595. The smallest absolute Gasteiger partial charge is 0.259 e. The molecular weight excluding hydrogens is 385 g/mol. The Morgan fingerprint density at radius 1 is 1.22 bits per heavy atom. The molecule has 0 saturated heterocycles. The molecule has 118 valence electrons. The van der Waals surface area contributed by atoms with Crippen molar-refractivity contribution in [2.75, 3.05) is 5.32 Å². The molecule has 9 heteroatoms.